The fourth-order valence-electron chi connectivity index (χ4n) is 4.00. The van der Waals surface area contributed by atoms with Crippen LogP contribution in [0.3, 0.4) is 0 Å². The minimum atomic E-state index is 0.386. The van der Waals surface area contributed by atoms with Crippen molar-refractivity contribution in [3.63, 3.8) is 0 Å². The first-order chi connectivity index (χ1) is 14.7. The molecule has 0 saturated carbocycles. The second-order valence-corrected chi connectivity index (χ2v) is 8.90. The van der Waals surface area contributed by atoms with Crippen molar-refractivity contribution in [2.45, 2.75) is 32.2 Å². The number of thiophene rings is 1. The zero-order chi connectivity index (χ0) is 20.8. The Morgan fingerprint density at radius 1 is 1.20 bits per heavy atom. The number of guanidine groups is 1. The number of likely N-dealkylation sites (tertiary alicyclic amines) is 1. The zero-order valence-corrected chi connectivity index (χ0v) is 18.6. The van der Waals surface area contributed by atoms with Gasteiger partial charge in [0, 0.05) is 37.6 Å². The van der Waals surface area contributed by atoms with Gasteiger partial charge in [-0.15, -0.1) is 21.5 Å². The lowest BCUT2D eigenvalue weighted by atomic mass is 9.97. The van der Waals surface area contributed by atoms with Crippen LogP contribution in [-0.4, -0.2) is 58.7 Å². The maximum absolute atomic E-state index is 4.42. The summed E-state index contributed by atoms with van der Waals surface area (Å²) in [6, 6.07) is 10.7. The molecule has 0 aliphatic carbocycles. The molecule has 4 heterocycles. The third-order valence-electron chi connectivity index (χ3n) is 5.84. The molecule has 3 aromatic heterocycles. The van der Waals surface area contributed by atoms with Crippen molar-refractivity contribution >= 4 is 22.9 Å². The molecular weight excluding hydrogens is 394 g/mol. The molecule has 0 radical (unpaired) electrons. The maximum atomic E-state index is 4.42. The first-order valence-electron chi connectivity index (χ1n) is 10.7. The van der Waals surface area contributed by atoms with E-state index in [-0.39, 0.29) is 0 Å². The highest BCUT2D eigenvalue weighted by atomic mass is 32.1. The van der Waals surface area contributed by atoms with Gasteiger partial charge in [0.15, 0.2) is 11.6 Å². The SMILES string of the molecule is CN=C(NCCc1nnc2ccccn12)NCC(c1cccs1)N1CCC(C)CC1. The summed E-state index contributed by atoms with van der Waals surface area (Å²) in [5, 5.41) is 17.7. The highest BCUT2D eigenvalue weighted by molar-refractivity contribution is 7.10. The van der Waals surface area contributed by atoms with Gasteiger partial charge in [0.25, 0.3) is 0 Å². The Hall–Kier alpha value is -2.45. The fourth-order valence-corrected chi connectivity index (χ4v) is 4.86. The summed E-state index contributed by atoms with van der Waals surface area (Å²) in [5.41, 5.74) is 0.879. The Balaban J connectivity index is 1.32. The summed E-state index contributed by atoms with van der Waals surface area (Å²) in [7, 11) is 1.82. The van der Waals surface area contributed by atoms with Crippen molar-refractivity contribution < 1.29 is 0 Å². The summed E-state index contributed by atoms with van der Waals surface area (Å²) in [5.74, 6) is 2.61. The van der Waals surface area contributed by atoms with Crippen LogP contribution < -0.4 is 10.6 Å². The molecule has 160 valence electrons. The van der Waals surface area contributed by atoms with E-state index in [0.717, 1.165) is 55.9 Å². The van der Waals surface area contributed by atoms with E-state index in [2.05, 4.69) is 55.2 Å². The second kappa shape index (κ2) is 10.0. The van der Waals surface area contributed by atoms with Crippen LogP contribution in [0.1, 0.15) is 36.5 Å². The van der Waals surface area contributed by atoms with Crippen LogP contribution in [0.25, 0.3) is 5.65 Å². The zero-order valence-electron chi connectivity index (χ0n) is 17.8. The molecule has 1 fully saturated rings. The normalized spacial score (nSPS) is 17.3. The smallest absolute Gasteiger partial charge is 0.191 e. The first-order valence-corrected chi connectivity index (χ1v) is 11.6. The molecule has 2 N–H and O–H groups in total. The minimum absolute atomic E-state index is 0.386. The second-order valence-electron chi connectivity index (χ2n) is 7.92. The van der Waals surface area contributed by atoms with Gasteiger partial charge in [0.2, 0.25) is 0 Å². The number of nitrogens with one attached hydrogen (secondary N) is 2. The molecule has 0 spiro atoms. The molecule has 4 rings (SSSR count). The highest BCUT2D eigenvalue weighted by Gasteiger charge is 2.25. The van der Waals surface area contributed by atoms with Gasteiger partial charge in [-0.25, -0.2) is 0 Å². The van der Waals surface area contributed by atoms with Crippen LogP contribution in [0.4, 0.5) is 0 Å². The van der Waals surface area contributed by atoms with Crippen LogP contribution in [0.2, 0.25) is 0 Å². The summed E-state index contributed by atoms with van der Waals surface area (Å²) in [4.78, 5) is 8.45. The fraction of sp³-hybridized carbons (Fsp3) is 0.500. The van der Waals surface area contributed by atoms with E-state index in [1.807, 2.05) is 47.2 Å². The largest absolute Gasteiger partial charge is 0.356 e. The predicted molar refractivity (Wildman–Crippen MR) is 123 cm³/mol. The van der Waals surface area contributed by atoms with E-state index in [4.69, 9.17) is 0 Å². The number of hydrogen-bond donors (Lipinski definition) is 2. The van der Waals surface area contributed by atoms with Gasteiger partial charge in [-0.1, -0.05) is 19.1 Å². The third-order valence-corrected chi connectivity index (χ3v) is 6.82. The van der Waals surface area contributed by atoms with Gasteiger partial charge in [0.1, 0.15) is 5.82 Å². The summed E-state index contributed by atoms with van der Waals surface area (Å²) < 4.78 is 2.03. The quantitative estimate of drug-likeness (QED) is 0.450. The maximum Gasteiger partial charge on any atom is 0.191 e. The number of pyridine rings is 1. The molecule has 3 aromatic rings. The van der Waals surface area contributed by atoms with Crippen molar-refractivity contribution in [1.82, 2.24) is 30.1 Å². The van der Waals surface area contributed by atoms with Crippen LogP contribution in [0.15, 0.2) is 46.9 Å². The number of hydrogen-bond acceptors (Lipinski definition) is 5. The Morgan fingerprint density at radius 3 is 2.83 bits per heavy atom. The number of rotatable bonds is 7. The van der Waals surface area contributed by atoms with Crippen molar-refractivity contribution in [2.24, 2.45) is 10.9 Å². The average Bonchev–Trinajstić information content (AvgIpc) is 3.44. The average molecular weight is 426 g/mol. The van der Waals surface area contributed by atoms with E-state index in [1.54, 1.807) is 0 Å². The number of aliphatic imine (C=N–C) groups is 1. The molecule has 0 amide bonds. The van der Waals surface area contributed by atoms with Crippen molar-refractivity contribution in [3.8, 4) is 0 Å². The van der Waals surface area contributed by atoms with Gasteiger partial charge in [0.05, 0.1) is 6.04 Å². The van der Waals surface area contributed by atoms with E-state index in [9.17, 15) is 0 Å². The third kappa shape index (κ3) is 4.99. The Bertz CT molecular complexity index is 941. The number of nitrogens with zero attached hydrogens (tertiary/aromatic N) is 5. The lowest BCUT2D eigenvalue weighted by Crippen LogP contribution is -2.45. The van der Waals surface area contributed by atoms with Crippen molar-refractivity contribution in [2.75, 3.05) is 33.2 Å². The Labute approximate surface area is 182 Å². The van der Waals surface area contributed by atoms with E-state index in [1.165, 1.54) is 17.7 Å². The molecule has 7 nitrogen and oxygen atoms in total. The van der Waals surface area contributed by atoms with Crippen LogP contribution >= 0.6 is 11.3 Å². The van der Waals surface area contributed by atoms with Crippen molar-refractivity contribution in [1.29, 1.82) is 0 Å². The monoisotopic (exact) mass is 425 g/mol. The lowest BCUT2D eigenvalue weighted by Gasteiger charge is -2.36. The first kappa shape index (κ1) is 20.8. The summed E-state index contributed by atoms with van der Waals surface area (Å²) in [6.45, 7) is 6.29. The number of piperidine rings is 1. The molecule has 1 unspecified atom stereocenters. The number of fused-ring (bicyclic) bond motifs is 1. The number of aromatic nitrogens is 3. The molecule has 0 aromatic carbocycles. The standard InChI is InChI=1S/C22H31N7S/c1-17-9-13-28(14-10-17)18(19-6-5-15-30-19)16-25-22(23-2)24-11-8-21-27-26-20-7-3-4-12-29(20)21/h3-7,12,15,17-18H,8-11,13-14,16H2,1-2H3,(H2,23,24,25). The Morgan fingerprint density at radius 2 is 2.07 bits per heavy atom. The van der Waals surface area contributed by atoms with Gasteiger partial charge in [-0.3, -0.25) is 14.3 Å². The molecule has 1 saturated heterocycles. The van der Waals surface area contributed by atoms with Gasteiger partial charge in [-0.05, 0) is 55.4 Å². The van der Waals surface area contributed by atoms with Gasteiger partial charge < -0.3 is 10.6 Å². The van der Waals surface area contributed by atoms with Crippen molar-refractivity contribution in [3.05, 3.63) is 52.6 Å². The molecular formula is C22H31N7S. The van der Waals surface area contributed by atoms with Crippen LogP contribution in [0.5, 0.6) is 0 Å². The topological polar surface area (TPSA) is 69.8 Å². The van der Waals surface area contributed by atoms with Crippen LogP contribution in [0, 0.1) is 5.92 Å². The molecule has 8 heteroatoms. The minimum Gasteiger partial charge on any atom is -0.356 e. The summed E-state index contributed by atoms with van der Waals surface area (Å²) >= 11 is 1.84. The predicted octanol–water partition coefficient (Wildman–Crippen LogP) is 2.97. The molecule has 1 atom stereocenters. The Kier molecular flexibility index (Phi) is 6.96. The van der Waals surface area contributed by atoms with Gasteiger partial charge in [-0.2, -0.15) is 0 Å². The molecule has 0 bridgehead atoms. The summed E-state index contributed by atoms with van der Waals surface area (Å²) in [6.07, 6.45) is 5.34. The highest BCUT2D eigenvalue weighted by Crippen LogP contribution is 2.29. The van der Waals surface area contributed by atoms with Gasteiger partial charge >= 0.3 is 0 Å². The van der Waals surface area contributed by atoms with E-state index >= 15 is 0 Å². The van der Waals surface area contributed by atoms with E-state index in [0.29, 0.717) is 6.04 Å². The molecule has 1 aliphatic rings. The lowest BCUT2D eigenvalue weighted by molar-refractivity contribution is 0.140. The van der Waals surface area contributed by atoms with E-state index < -0.39 is 0 Å². The van der Waals surface area contributed by atoms with Crippen LogP contribution in [-0.2, 0) is 6.42 Å². The molecule has 1 aliphatic heterocycles. The molecule has 30 heavy (non-hydrogen) atoms.